The Morgan fingerprint density at radius 3 is 1.87 bits per heavy atom. The van der Waals surface area contributed by atoms with Gasteiger partial charge >= 0.3 is 0 Å². The van der Waals surface area contributed by atoms with Gasteiger partial charge in [0.2, 0.25) is 0 Å². The Kier molecular flexibility index (Phi) is 3.51. The van der Waals surface area contributed by atoms with E-state index < -0.39 is 0 Å². The summed E-state index contributed by atoms with van der Waals surface area (Å²) in [6.07, 6.45) is 8.75. The lowest BCUT2D eigenvalue weighted by Gasteiger charge is -2.01. The van der Waals surface area contributed by atoms with E-state index in [9.17, 15) is 0 Å². The molecule has 0 saturated heterocycles. The molecule has 15 heavy (non-hydrogen) atoms. The molecule has 2 rings (SSSR count). The second-order valence-electron chi connectivity index (χ2n) is 3.27. The normalized spacial score (nSPS) is 10.7. The molecule has 2 aromatic rings. The van der Waals surface area contributed by atoms with Gasteiger partial charge in [-0.15, -0.1) is 0 Å². The molecule has 2 aromatic heterocycles. The summed E-state index contributed by atoms with van der Waals surface area (Å²) < 4.78 is 5.48. The van der Waals surface area contributed by atoms with Crippen molar-refractivity contribution in [1.82, 2.24) is 19.9 Å². The quantitative estimate of drug-likeness (QED) is 0.691. The molecular weight excluding hydrogens is 192 g/mol. The Balaban J connectivity index is 1.56. The summed E-state index contributed by atoms with van der Waals surface area (Å²) in [7, 11) is 0. The van der Waals surface area contributed by atoms with E-state index in [0.717, 1.165) is 37.4 Å². The highest BCUT2D eigenvalue weighted by atomic mass is 16.5. The molecule has 0 atom stereocenters. The van der Waals surface area contributed by atoms with Crippen LogP contribution < -0.4 is 0 Å². The first-order valence-corrected chi connectivity index (χ1v) is 4.97. The number of nitrogens with one attached hydrogen (secondary N) is 2. The first-order valence-electron chi connectivity index (χ1n) is 4.97. The smallest absolute Gasteiger partial charge is 0.0921 e. The second-order valence-corrected chi connectivity index (χ2v) is 3.27. The van der Waals surface area contributed by atoms with Gasteiger partial charge in [-0.1, -0.05) is 0 Å². The molecule has 5 nitrogen and oxygen atoms in total. The zero-order valence-corrected chi connectivity index (χ0v) is 8.44. The van der Waals surface area contributed by atoms with Crippen LogP contribution in [0.15, 0.2) is 25.0 Å². The molecule has 5 heteroatoms. The van der Waals surface area contributed by atoms with Crippen LogP contribution in [0.2, 0.25) is 0 Å². The van der Waals surface area contributed by atoms with Gasteiger partial charge in [0.05, 0.1) is 25.9 Å². The molecule has 0 unspecified atom stereocenters. The summed E-state index contributed by atoms with van der Waals surface area (Å²) in [6, 6.07) is 0. The molecule has 80 valence electrons. The maximum absolute atomic E-state index is 5.48. The molecule has 0 aliphatic carbocycles. The van der Waals surface area contributed by atoms with E-state index in [4.69, 9.17) is 4.74 Å². The lowest BCUT2D eigenvalue weighted by atomic mass is 10.3. The highest BCUT2D eigenvalue weighted by Crippen LogP contribution is 1.95. The highest BCUT2D eigenvalue weighted by molar-refractivity contribution is 4.95. The van der Waals surface area contributed by atoms with E-state index >= 15 is 0 Å². The van der Waals surface area contributed by atoms with Crippen molar-refractivity contribution in [1.29, 1.82) is 0 Å². The number of H-pyrrole nitrogens is 2. The Morgan fingerprint density at radius 1 is 0.933 bits per heavy atom. The molecule has 2 N–H and O–H groups in total. The number of hydrogen-bond donors (Lipinski definition) is 2. The highest BCUT2D eigenvalue weighted by Gasteiger charge is 1.96. The molecule has 0 bridgehead atoms. The van der Waals surface area contributed by atoms with Gasteiger partial charge in [0.25, 0.3) is 0 Å². The standard InChI is InChI=1S/C10H14N4O/c1(9-5-11-7-13-9)3-15-4-2-10-6-12-8-14-10/h5-8H,1-4H2,(H,11,13)(H,12,14). The SMILES string of the molecule is c1ncc(CCOCCc2cnc[nH]2)[nH]1. The summed E-state index contributed by atoms with van der Waals surface area (Å²) in [5, 5.41) is 0. The summed E-state index contributed by atoms with van der Waals surface area (Å²) in [5.74, 6) is 0. The number of nitrogens with zero attached hydrogens (tertiary/aromatic N) is 2. The van der Waals surface area contributed by atoms with Gasteiger partial charge in [-0.3, -0.25) is 0 Å². The number of rotatable bonds is 6. The molecule has 0 fully saturated rings. The van der Waals surface area contributed by atoms with E-state index in [1.54, 1.807) is 12.7 Å². The summed E-state index contributed by atoms with van der Waals surface area (Å²) in [6.45, 7) is 1.44. The molecule has 0 saturated carbocycles. The second kappa shape index (κ2) is 5.31. The van der Waals surface area contributed by atoms with E-state index in [0.29, 0.717) is 0 Å². The van der Waals surface area contributed by atoms with E-state index in [-0.39, 0.29) is 0 Å². The minimum absolute atomic E-state index is 0.719. The average Bonchev–Trinajstić information content (AvgIpc) is 2.88. The maximum atomic E-state index is 5.48. The Bertz CT molecular complexity index is 318. The number of imidazole rings is 2. The van der Waals surface area contributed by atoms with Crippen LogP contribution in [-0.2, 0) is 17.6 Å². The minimum Gasteiger partial charge on any atom is -0.381 e. The fourth-order valence-electron chi connectivity index (χ4n) is 1.31. The van der Waals surface area contributed by atoms with Crippen LogP contribution in [0.3, 0.4) is 0 Å². The van der Waals surface area contributed by atoms with Gasteiger partial charge in [0.1, 0.15) is 0 Å². The number of aromatic nitrogens is 4. The van der Waals surface area contributed by atoms with Crippen molar-refractivity contribution in [3.8, 4) is 0 Å². The van der Waals surface area contributed by atoms with Crippen molar-refractivity contribution in [3.05, 3.63) is 36.4 Å². The van der Waals surface area contributed by atoms with Gasteiger partial charge in [0.15, 0.2) is 0 Å². The average molecular weight is 206 g/mol. The number of aromatic amines is 2. The van der Waals surface area contributed by atoms with E-state index in [2.05, 4.69) is 19.9 Å². The van der Waals surface area contributed by atoms with Crippen molar-refractivity contribution in [3.63, 3.8) is 0 Å². The van der Waals surface area contributed by atoms with Crippen LogP contribution in [0.1, 0.15) is 11.4 Å². The van der Waals surface area contributed by atoms with Crippen molar-refractivity contribution < 1.29 is 4.74 Å². The predicted octanol–water partition coefficient (Wildman–Crippen LogP) is 0.935. The van der Waals surface area contributed by atoms with Crippen LogP contribution in [0.5, 0.6) is 0 Å². The molecule has 0 radical (unpaired) electrons. The van der Waals surface area contributed by atoms with Crippen LogP contribution in [0.25, 0.3) is 0 Å². The topological polar surface area (TPSA) is 66.6 Å². The Morgan fingerprint density at radius 2 is 1.47 bits per heavy atom. The van der Waals surface area contributed by atoms with Gasteiger partial charge < -0.3 is 14.7 Å². The van der Waals surface area contributed by atoms with Crippen LogP contribution in [0, 0.1) is 0 Å². The fraction of sp³-hybridized carbons (Fsp3) is 0.400. The lowest BCUT2D eigenvalue weighted by molar-refractivity contribution is 0.139. The Hall–Kier alpha value is -1.62. The third kappa shape index (κ3) is 3.21. The fourth-order valence-corrected chi connectivity index (χ4v) is 1.31. The Labute approximate surface area is 87.9 Å². The third-order valence-electron chi connectivity index (χ3n) is 2.14. The molecule has 2 heterocycles. The summed E-state index contributed by atoms with van der Waals surface area (Å²) in [5.41, 5.74) is 2.22. The molecule has 0 aromatic carbocycles. The van der Waals surface area contributed by atoms with Crippen molar-refractivity contribution >= 4 is 0 Å². The molecule has 0 amide bonds. The van der Waals surface area contributed by atoms with E-state index in [1.807, 2.05) is 12.4 Å². The molecular formula is C10H14N4O. The van der Waals surface area contributed by atoms with E-state index in [1.165, 1.54) is 0 Å². The first-order chi connectivity index (χ1) is 7.45. The molecule has 0 aliphatic rings. The number of hydrogen-bond acceptors (Lipinski definition) is 3. The van der Waals surface area contributed by atoms with Gasteiger partial charge in [0, 0.05) is 36.6 Å². The van der Waals surface area contributed by atoms with Gasteiger partial charge in [-0.25, -0.2) is 9.97 Å². The van der Waals surface area contributed by atoms with Crippen molar-refractivity contribution in [2.75, 3.05) is 13.2 Å². The zero-order valence-electron chi connectivity index (χ0n) is 8.44. The van der Waals surface area contributed by atoms with Crippen molar-refractivity contribution in [2.45, 2.75) is 12.8 Å². The molecule has 0 aliphatic heterocycles. The minimum atomic E-state index is 0.719. The molecule has 0 spiro atoms. The monoisotopic (exact) mass is 206 g/mol. The predicted molar refractivity (Wildman–Crippen MR) is 55.4 cm³/mol. The summed E-state index contributed by atoms with van der Waals surface area (Å²) >= 11 is 0. The first kappa shape index (κ1) is 9.92. The van der Waals surface area contributed by atoms with Crippen LogP contribution >= 0.6 is 0 Å². The van der Waals surface area contributed by atoms with Gasteiger partial charge in [-0.05, 0) is 0 Å². The van der Waals surface area contributed by atoms with Crippen LogP contribution in [-0.4, -0.2) is 33.1 Å². The maximum Gasteiger partial charge on any atom is 0.0921 e. The summed E-state index contributed by atoms with van der Waals surface area (Å²) in [4.78, 5) is 13.9. The zero-order chi connectivity index (χ0) is 10.3. The lowest BCUT2D eigenvalue weighted by Crippen LogP contribution is -2.03. The van der Waals surface area contributed by atoms with Crippen LogP contribution in [0.4, 0.5) is 0 Å². The third-order valence-corrected chi connectivity index (χ3v) is 2.14. The van der Waals surface area contributed by atoms with Crippen molar-refractivity contribution in [2.24, 2.45) is 0 Å². The largest absolute Gasteiger partial charge is 0.381 e. The van der Waals surface area contributed by atoms with Gasteiger partial charge in [-0.2, -0.15) is 0 Å². The number of ether oxygens (including phenoxy) is 1.